The van der Waals surface area contributed by atoms with Crippen LogP contribution in [-0.2, 0) is 11.2 Å². The summed E-state index contributed by atoms with van der Waals surface area (Å²) >= 11 is 0. The van der Waals surface area contributed by atoms with Crippen LogP contribution in [0, 0.1) is 5.82 Å². The van der Waals surface area contributed by atoms with Crippen molar-refractivity contribution in [2.75, 3.05) is 13.1 Å². The Morgan fingerprint density at radius 2 is 2.00 bits per heavy atom. The molecule has 1 saturated carbocycles. The smallest absolute Gasteiger partial charge is 0.227 e. The Morgan fingerprint density at radius 3 is 2.63 bits per heavy atom. The van der Waals surface area contributed by atoms with Crippen LogP contribution in [0.3, 0.4) is 0 Å². The molecule has 0 bridgehead atoms. The third-order valence-corrected chi connectivity index (χ3v) is 3.76. The van der Waals surface area contributed by atoms with E-state index in [0.717, 1.165) is 12.8 Å². The molecule has 0 spiro atoms. The third-order valence-electron chi connectivity index (χ3n) is 3.76. The molecule has 1 aromatic carbocycles. The van der Waals surface area contributed by atoms with E-state index >= 15 is 0 Å². The van der Waals surface area contributed by atoms with Gasteiger partial charge in [-0.1, -0.05) is 31.0 Å². The molecule has 2 N–H and O–H groups in total. The highest BCUT2D eigenvalue weighted by atomic mass is 19.1. The number of nitrogens with two attached hydrogens (primary N) is 1. The van der Waals surface area contributed by atoms with Crippen molar-refractivity contribution < 1.29 is 9.18 Å². The molecule has 0 radical (unpaired) electrons. The summed E-state index contributed by atoms with van der Waals surface area (Å²) in [6, 6.07) is 6.75. The van der Waals surface area contributed by atoms with Crippen LogP contribution in [0.15, 0.2) is 24.3 Å². The van der Waals surface area contributed by atoms with Gasteiger partial charge in [0.2, 0.25) is 5.91 Å². The quantitative estimate of drug-likeness (QED) is 0.885. The summed E-state index contributed by atoms with van der Waals surface area (Å²) in [7, 11) is 0. The number of nitrogens with zero attached hydrogens (tertiary/aromatic N) is 1. The molecule has 0 unspecified atom stereocenters. The first kappa shape index (κ1) is 14.0. The number of amides is 1. The van der Waals surface area contributed by atoms with Crippen molar-refractivity contribution in [3.63, 3.8) is 0 Å². The Bertz CT molecular complexity index is 430. The van der Waals surface area contributed by atoms with Crippen molar-refractivity contribution in [1.82, 2.24) is 4.90 Å². The predicted octanol–water partition coefficient (Wildman–Crippen LogP) is 2.10. The van der Waals surface area contributed by atoms with Gasteiger partial charge < -0.3 is 10.6 Å². The van der Waals surface area contributed by atoms with Gasteiger partial charge >= 0.3 is 0 Å². The van der Waals surface area contributed by atoms with Crippen molar-refractivity contribution in [1.29, 1.82) is 0 Å². The molecule has 19 heavy (non-hydrogen) atoms. The number of hydrogen-bond acceptors (Lipinski definition) is 2. The maximum Gasteiger partial charge on any atom is 0.227 e. The number of halogens is 1. The molecule has 3 nitrogen and oxygen atoms in total. The standard InChI is InChI=1S/C15H21FN2O/c16-14-8-4-1-5-12(14)11-15(19)18(10-9-17)13-6-2-3-7-13/h1,4-5,8,13H,2-3,6-7,9-11,17H2. The first-order valence-corrected chi connectivity index (χ1v) is 6.95. The van der Waals surface area contributed by atoms with E-state index in [9.17, 15) is 9.18 Å². The Hall–Kier alpha value is -1.42. The van der Waals surface area contributed by atoms with Gasteiger partial charge in [-0.25, -0.2) is 4.39 Å². The predicted molar refractivity (Wildman–Crippen MR) is 73.1 cm³/mol. The van der Waals surface area contributed by atoms with E-state index in [4.69, 9.17) is 5.73 Å². The molecule has 1 aliphatic rings. The summed E-state index contributed by atoms with van der Waals surface area (Å²) in [5.74, 6) is -0.322. The Kier molecular flexibility index (Phi) is 4.91. The molecular weight excluding hydrogens is 243 g/mol. The van der Waals surface area contributed by atoms with Gasteiger partial charge in [0.1, 0.15) is 5.82 Å². The lowest BCUT2D eigenvalue weighted by atomic mass is 10.1. The van der Waals surface area contributed by atoms with E-state index in [1.54, 1.807) is 18.2 Å². The maximum atomic E-state index is 13.6. The highest BCUT2D eigenvalue weighted by Gasteiger charge is 2.26. The van der Waals surface area contributed by atoms with Crippen molar-refractivity contribution in [3.8, 4) is 0 Å². The fourth-order valence-corrected chi connectivity index (χ4v) is 2.77. The minimum absolute atomic E-state index is 0.0116. The average Bonchev–Trinajstić information content (AvgIpc) is 2.92. The Labute approximate surface area is 113 Å². The summed E-state index contributed by atoms with van der Waals surface area (Å²) < 4.78 is 13.6. The largest absolute Gasteiger partial charge is 0.338 e. The summed E-state index contributed by atoms with van der Waals surface area (Å²) in [5.41, 5.74) is 6.06. The van der Waals surface area contributed by atoms with Gasteiger partial charge in [0.05, 0.1) is 6.42 Å². The van der Waals surface area contributed by atoms with Crippen LogP contribution in [0.1, 0.15) is 31.2 Å². The third kappa shape index (κ3) is 3.53. The van der Waals surface area contributed by atoms with Crippen LogP contribution < -0.4 is 5.73 Å². The normalized spacial score (nSPS) is 15.7. The molecule has 1 aromatic rings. The minimum Gasteiger partial charge on any atom is -0.338 e. The maximum absolute atomic E-state index is 13.6. The fourth-order valence-electron chi connectivity index (χ4n) is 2.77. The number of carbonyl (C=O) groups excluding carboxylic acids is 1. The first-order chi connectivity index (χ1) is 9.22. The van der Waals surface area contributed by atoms with Gasteiger partial charge in [-0.15, -0.1) is 0 Å². The lowest BCUT2D eigenvalue weighted by molar-refractivity contribution is -0.132. The number of carbonyl (C=O) groups is 1. The van der Waals surface area contributed by atoms with Crippen molar-refractivity contribution in [2.45, 2.75) is 38.1 Å². The molecule has 0 atom stereocenters. The molecule has 1 amide bonds. The Morgan fingerprint density at radius 1 is 1.32 bits per heavy atom. The van der Waals surface area contributed by atoms with Gasteiger partial charge in [-0.3, -0.25) is 4.79 Å². The second kappa shape index (κ2) is 6.66. The molecule has 0 saturated heterocycles. The molecule has 4 heteroatoms. The summed E-state index contributed by atoms with van der Waals surface area (Å²) in [6.07, 6.45) is 4.55. The van der Waals surface area contributed by atoms with Gasteiger partial charge in [0.15, 0.2) is 0 Å². The van der Waals surface area contributed by atoms with E-state index in [1.165, 1.54) is 18.9 Å². The highest BCUT2D eigenvalue weighted by Crippen LogP contribution is 2.24. The van der Waals surface area contributed by atoms with Crippen LogP contribution in [0.25, 0.3) is 0 Å². The van der Waals surface area contributed by atoms with Crippen LogP contribution in [-0.4, -0.2) is 29.9 Å². The number of benzene rings is 1. The monoisotopic (exact) mass is 264 g/mol. The summed E-state index contributed by atoms with van der Waals surface area (Å²) in [4.78, 5) is 14.2. The minimum atomic E-state index is -0.310. The molecule has 0 aromatic heterocycles. The zero-order valence-corrected chi connectivity index (χ0v) is 11.1. The van der Waals surface area contributed by atoms with Crippen molar-refractivity contribution in [2.24, 2.45) is 5.73 Å². The second-order valence-corrected chi connectivity index (χ2v) is 5.08. The first-order valence-electron chi connectivity index (χ1n) is 6.95. The second-order valence-electron chi connectivity index (χ2n) is 5.08. The summed E-state index contributed by atoms with van der Waals surface area (Å²) in [6.45, 7) is 1.03. The van der Waals surface area contributed by atoms with Crippen molar-refractivity contribution >= 4 is 5.91 Å². The fraction of sp³-hybridized carbons (Fsp3) is 0.533. The molecule has 104 valence electrons. The van der Waals surface area contributed by atoms with Gasteiger partial charge in [-0.05, 0) is 24.5 Å². The van der Waals surface area contributed by atoms with Gasteiger partial charge in [0, 0.05) is 19.1 Å². The lowest BCUT2D eigenvalue weighted by Gasteiger charge is -2.28. The van der Waals surface area contributed by atoms with Crippen LogP contribution in [0.5, 0.6) is 0 Å². The van der Waals surface area contributed by atoms with Gasteiger partial charge in [-0.2, -0.15) is 0 Å². The van der Waals surface area contributed by atoms with Crippen LogP contribution >= 0.6 is 0 Å². The van der Waals surface area contributed by atoms with E-state index < -0.39 is 0 Å². The molecule has 1 fully saturated rings. The van der Waals surface area contributed by atoms with Crippen LogP contribution in [0.4, 0.5) is 4.39 Å². The molecule has 2 rings (SSSR count). The lowest BCUT2D eigenvalue weighted by Crippen LogP contribution is -2.42. The number of rotatable bonds is 5. The number of hydrogen-bond donors (Lipinski definition) is 1. The van der Waals surface area contributed by atoms with E-state index in [-0.39, 0.29) is 18.1 Å². The SMILES string of the molecule is NCCN(C(=O)Cc1ccccc1F)C1CCCC1. The summed E-state index contributed by atoms with van der Waals surface area (Å²) in [5, 5.41) is 0. The topological polar surface area (TPSA) is 46.3 Å². The van der Waals surface area contributed by atoms with E-state index in [2.05, 4.69) is 0 Å². The molecular formula is C15H21FN2O. The van der Waals surface area contributed by atoms with E-state index in [1.807, 2.05) is 4.90 Å². The zero-order valence-electron chi connectivity index (χ0n) is 11.1. The molecule has 0 heterocycles. The Balaban J connectivity index is 2.05. The van der Waals surface area contributed by atoms with Crippen molar-refractivity contribution in [3.05, 3.63) is 35.6 Å². The van der Waals surface area contributed by atoms with E-state index in [0.29, 0.717) is 24.7 Å². The average molecular weight is 264 g/mol. The van der Waals surface area contributed by atoms with Gasteiger partial charge in [0.25, 0.3) is 0 Å². The highest BCUT2D eigenvalue weighted by molar-refractivity contribution is 5.79. The molecule has 0 aliphatic heterocycles. The molecule has 1 aliphatic carbocycles. The zero-order chi connectivity index (χ0) is 13.7. The van der Waals surface area contributed by atoms with Crippen LogP contribution in [0.2, 0.25) is 0 Å².